The van der Waals surface area contributed by atoms with Gasteiger partial charge in [0.05, 0.1) is 26.4 Å². The van der Waals surface area contributed by atoms with E-state index in [9.17, 15) is 9.59 Å². The van der Waals surface area contributed by atoms with Crippen molar-refractivity contribution in [2.45, 2.75) is 37.9 Å². The van der Waals surface area contributed by atoms with Crippen molar-refractivity contribution < 1.29 is 28.9 Å². The fourth-order valence-electron chi connectivity index (χ4n) is 3.76. The highest BCUT2D eigenvalue weighted by atomic mass is 16.7. The molecule has 0 aromatic heterocycles. The first-order valence-electron chi connectivity index (χ1n) is 11.0. The summed E-state index contributed by atoms with van der Waals surface area (Å²) in [5.74, 6) is 0.164. The average molecular weight is 433 g/mol. The molecule has 2 N–H and O–H groups in total. The zero-order chi connectivity index (χ0) is 21.9. The molecule has 2 heterocycles. The van der Waals surface area contributed by atoms with Gasteiger partial charge < -0.3 is 29.5 Å². The molecule has 1 aromatic carbocycles. The van der Waals surface area contributed by atoms with E-state index >= 15 is 0 Å². The van der Waals surface area contributed by atoms with Gasteiger partial charge in [-0.25, -0.2) is 0 Å². The van der Waals surface area contributed by atoms with Crippen LogP contribution in [0.2, 0.25) is 0 Å². The molecule has 2 atom stereocenters. The van der Waals surface area contributed by atoms with Crippen LogP contribution in [0.5, 0.6) is 0 Å². The smallest absolute Gasteiger partial charge is 0.286 e. The molecule has 2 amide bonds. The van der Waals surface area contributed by atoms with Crippen molar-refractivity contribution in [1.29, 1.82) is 0 Å². The molecule has 0 aliphatic carbocycles. The van der Waals surface area contributed by atoms with Crippen molar-refractivity contribution in [3.8, 4) is 0 Å². The number of rotatable bonds is 12. The molecule has 2 aliphatic heterocycles. The molecule has 1 saturated heterocycles. The van der Waals surface area contributed by atoms with Gasteiger partial charge in [-0.2, -0.15) is 0 Å². The summed E-state index contributed by atoms with van der Waals surface area (Å²) >= 11 is 0. The first-order chi connectivity index (χ1) is 15.2. The molecular formula is C23H32N2O6. The fraction of sp³-hybridized carbons (Fsp3) is 0.565. The minimum Gasteiger partial charge on any atom is -0.459 e. The number of likely N-dealkylation sites (tertiary alicyclic amines) is 1. The Bertz CT molecular complexity index is 739. The summed E-state index contributed by atoms with van der Waals surface area (Å²) in [6.45, 7) is 2.82. The summed E-state index contributed by atoms with van der Waals surface area (Å²) < 4.78 is 16.8. The van der Waals surface area contributed by atoms with Gasteiger partial charge in [0, 0.05) is 38.4 Å². The third-order valence-electron chi connectivity index (χ3n) is 5.34. The maximum Gasteiger partial charge on any atom is 0.286 e. The predicted octanol–water partition coefficient (Wildman–Crippen LogP) is 1.55. The van der Waals surface area contributed by atoms with Crippen molar-refractivity contribution >= 4 is 11.8 Å². The van der Waals surface area contributed by atoms with Crippen LogP contribution in [0.25, 0.3) is 0 Å². The van der Waals surface area contributed by atoms with E-state index < -0.39 is 6.29 Å². The standard InChI is InChI=1S/C23H32N2O6/c26-12-13-29-14-15-30-22-17-19(18-6-2-1-3-7-18)16-20(31-22)23(28)24-9-5-11-25-10-4-8-21(25)27/h1-3,6-7,16,19,22,26H,4-5,8-15,17H2,(H,24,28)/t19-,22+/m1/s1. The van der Waals surface area contributed by atoms with Gasteiger partial charge in [-0.3, -0.25) is 9.59 Å². The van der Waals surface area contributed by atoms with Gasteiger partial charge in [-0.15, -0.1) is 0 Å². The Balaban J connectivity index is 1.53. The number of hydrogen-bond acceptors (Lipinski definition) is 6. The molecule has 0 bridgehead atoms. The Hall–Kier alpha value is -2.42. The largest absolute Gasteiger partial charge is 0.459 e. The van der Waals surface area contributed by atoms with E-state index in [0.29, 0.717) is 45.6 Å². The number of aliphatic hydroxyl groups is 1. The monoisotopic (exact) mass is 432 g/mol. The quantitative estimate of drug-likeness (QED) is 0.487. The van der Waals surface area contributed by atoms with Crippen LogP contribution in [0.3, 0.4) is 0 Å². The van der Waals surface area contributed by atoms with E-state index in [-0.39, 0.29) is 36.7 Å². The van der Waals surface area contributed by atoms with Gasteiger partial charge in [0.2, 0.25) is 12.2 Å². The third kappa shape index (κ3) is 7.34. The maximum atomic E-state index is 12.7. The zero-order valence-electron chi connectivity index (χ0n) is 17.8. The Morgan fingerprint density at radius 3 is 2.81 bits per heavy atom. The summed E-state index contributed by atoms with van der Waals surface area (Å²) in [7, 11) is 0. The van der Waals surface area contributed by atoms with Gasteiger partial charge in [-0.1, -0.05) is 30.3 Å². The third-order valence-corrected chi connectivity index (χ3v) is 5.34. The SMILES string of the molecule is O=C(NCCCN1CCCC1=O)C1=C[C@@H](c2ccccc2)C[C@@H](OCCOCCO)O1. The van der Waals surface area contributed by atoms with Gasteiger partial charge in [0.15, 0.2) is 5.76 Å². The van der Waals surface area contributed by atoms with Crippen LogP contribution < -0.4 is 5.32 Å². The molecular weight excluding hydrogens is 400 g/mol. The molecule has 1 fully saturated rings. The molecule has 8 nitrogen and oxygen atoms in total. The summed E-state index contributed by atoms with van der Waals surface area (Å²) in [6.07, 6.45) is 4.12. The normalized spacial score (nSPS) is 21.0. The first-order valence-corrected chi connectivity index (χ1v) is 11.0. The number of aliphatic hydroxyl groups excluding tert-OH is 1. The molecule has 0 spiro atoms. The molecule has 3 rings (SSSR count). The topological polar surface area (TPSA) is 97.3 Å². The number of amides is 2. The summed E-state index contributed by atoms with van der Waals surface area (Å²) in [6, 6.07) is 9.94. The lowest BCUT2D eigenvalue weighted by Gasteiger charge is -2.29. The lowest BCUT2D eigenvalue weighted by Crippen LogP contribution is -2.35. The number of hydrogen-bond donors (Lipinski definition) is 2. The van der Waals surface area contributed by atoms with E-state index in [1.807, 2.05) is 41.3 Å². The van der Waals surface area contributed by atoms with Crippen LogP contribution in [0, 0.1) is 0 Å². The maximum absolute atomic E-state index is 12.7. The van der Waals surface area contributed by atoms with Crippen molar-refractivity contribution in [3.05, 3.63) is 47.7 Å². The minimum atomic E-state index is -0.559. The molecule has 1 aromatic rings. The number of benzene rings is 1. The first kappa shape index (κ1) is 23.2. The van der Waals surface area contributed by atoms with Crippen molar-refractivity contribution in [1.82, 2.24) is 10.2 Å². The zero-order valence-corrected chi connectivity index (χ0v) is 17.8. The number of carbonyl (C=O) groups excluding carboxylic acids is 2. The number of allylic oxidation sites excluding steroid dienone is 1. The van der Waals surface area contributed by atoms with E-state index in [1.54, 1.807) is 0 Å². The molecule has 8 heteroatoms. The van der Waals surface area contributed by atoms with E-state index in [4.69, 9.17) is 19.3 Å². The Morgan fingerprint density at radius 2 is 2.06 bits per heavy atom. The van der Waals surface area contributed by atoms with Crippen LogP contribution in [0.4, 0.5) is 0 Å². The van der Waals surface area contributed by atoms with Gasteiger partial charge >= 0.3 is 0 Å². The fourth-order valence-corrected chi connectivity index (χ4v) is 3.76. The second-order valence-corrected chi connectivity index (χ2v) is 7.63. The summed E-state index contributed by atoms with van der Waals surface area (Å²) in [5, 5.41) is 11.7. The Labute approximate surface area is 183 Å². The lowest BCUT2D eigenvalue weighted by molar-refractivity contribution is -0.151. The number of nitrogens with one attached hydrogen (secondary N) is 1. The van der Waals surface area contributed by atoms with E-state index in [2.05, 4.69) is 5.32 Å². The number of carbonyl (C=O) groups is 2. The lowest BCUT2D eigenvalue weighted by atomic mass is 9.93. The average Bonchev–Trinajstić information content (AvgIpc) is 3.21. The highest BCUT2D eigenvalue weighted by Gasteiger charge is 2.28. The summed E-state index contributed by atoms with van der Waals surface area (Å²) in [4.78, 5) is 26.2. The second-order valence-electron chi connectivity index (χ2n) is 7.63. The van der Waals surface area contributed by atoms with Crippen molar-refractivity contribution in [3.63, 3.8) is 0 Å². The van der Waals surface area contributed by atoms with Crippen LogP contribution in [-0.4, -0.2) is 74.2 Å². The van der Waals surface area contributed by atoms with Gasteiger partial charge in [0.25, 0.3) is 5.91 Å². The van der Waals surface area contributed by atoms with Crippen LogP contribution in [-0.2, 0) is 23.8 Å². The predicted molar refractivity (Wildman–Crippen MR) is 114 cm³/mol. The van der Waals surface area contributed by atoms with E-state index in [0.717, 1.165) is 18.5 Å². The summed E-state index contributed by atoms with van der Waals surface area (Å²) in [5.41, 5.74) is 1.09. The highest BCUT2D eigenvalue weighted by molar-refractivity contribution is 5.91. The van der Waals surface area contributed by atoms with Crippen LogP contribution in [0.1, 0.15) is 37.2 Å². The van der Waals surface area contributed by atoms with Crippen molar-refractivity contribution in [2.75, 3.05) is 46.1 Å². The highest BCUT2D eigenvalue weighted by Crippen LogP contribution is 2.31. The van der Waals surface area contributed by atoms with Crippen LogP contribution >= 0.6 is 0 Å². The molecule has 31 heavy (non-hydrogen) atoms. The Kier molecular flexibility index (Phi) is 9.33. The van der Waals surface area contributed by atoms with Gasteiger partial charge in [-0.05, 0) is 24.5 Å². The molecule has 0 saturated carbocycles. The Morgan fingerprint density at radius 1 is 1.23 bits per heavy atom. The second kappa shape index (κ2) is 12.4. The van der Waals surface area contributed by atoms with Gasteiger partial charge in [0.1, 0.15) is 0 Å². The van der Waals surface area contributed by atoms with Crippen LogP contribution in [0.15, 0.2) is 42.2 Å². The molecule has 0 radical (unpaired) electrons. The molecule has 2 aliphatic rings. The number of nitrogens with zero attached hydrogens (tertiary/aromatic N) is 1. The van der Waals surface area contributed by atoms with Crippen molar-refractivity contribution in [2.24, 2.45) is 0 Å². The minimum absolute atomic E-state index is 0.00119. The number of ether oxygens (including phenoxy) is 3. The molecule has 0 unspecified atom stereocenters. The van der Waals surface area contributed by atoms with E-state index in [1.165, 1.54) is 0 Å². The molecule has 170 valence electrons.